The molecule has 3 heterocycles. The van der Waals surface area contributed by atoms with Gasteiger partial charge in [0.2, 0.25) is 5.95 Å². The summed E-state index contributed by atoms with van der Waals surface area (Å²) in [5.74, 6) is 1.13. The lowest BCUT2D eigenvalue weighted by Gasteiger charge is -2.23. The van der Waals surface area contributed by atoms with E-state index in [2.05, 4.69) is 20.4 Å². The van der Waals surface area contributed by atoms with Gasteiger partial charge in [-0.05, 0) is 31.7 Å². The minimum atomic E-state index is -1.00. The zero-order valence-corrected chi connectivity index (χ0v) is 13.9. The summed E-state index contributed by atoms with van der Waals surface area (Å²) < 4.78 is 5.28. The van der Waals surface area contributed by atoms with Crippen molar-refractivity contribution >= 4 is 11.9 Å². The van der Waals surface area contributed by atoms with E-state index in [1.54, 1.807) is 18.5 Å². The first-order chi connectivity index (χ1) is 12.1. The molecule has 2 aromatic heterocycles. The van der Waals surface area contributed by atoms with Gasteiger partial charge in [0.25, 0.3) is 5.91 Å². The Morgan fingerprint density at radius 3 is 2.96 bits per heavy atom. The Labute approximate surface area is 145 Å². The largest absolute Gasteiger partial charge is 0.386 e. The molecule has 0 bridgehead atoms. The second-order valence-corrected chi connectivity index (χ2v) is 6.77. The van der Waals surface area contributed by atoms with Gasteiger partial charge in [0, 0.05) is 37.5 Å². The number of aliphatic hydroxyl groups is 1. The first-order valence-electron chi connectivity index (χ1n) is 8.65. The van der Waals surface area contributed by atoms with Gasteiger partial charge in [-0.25, -0.2) is 9.97 Å². The molecule has 0 saturated carbocycles. The highest BCUT2D eigenvalue weighted by Crippen LogP contribution is 2.25. The van der Waals surface area contributed by atoms with Crippen molar-refractivity contribution in [2.45, 2.75) is 37.7 Å². The number of anilines is 1. The second kappa shape index (κ2) is 6.44. The fourth-order valence-corrected chi connectivity index (χ4v) is 3.52. The van der Waals surface area contributed by atoms with Crippen molar-refractivity contribution in [3.8, 4) is 0 Å². The summed E-state index contributed by atoms with van der Waals surface area (Å²) >= 11 is 0. The molecular weight excluding hydrogens is 322 g/mol. The minimum absolute atomic E-state index is 0.163. The van der Waals surface area contributed by atoms with E-state index in [0.29, 0.717) is 31.2 Å². The fraction of sp³-hybridized carbons (Fsp3) is 0.529. The standard InChI is InChI=1S/C17H21N5O3/c23-15(14-12-4-1-2-5-13(12)25-21-14)20-10-17(24)6-9-22(11-17)16-18-7-3-8-19-16/h3,7-8,24H,1-2,4-6,9-11H2,(H,20,23). The fourth-order valence-electron chi connectivity index (χ4n) is 3.52. The van der Waals surface area contributed by atoms with Crippen molar-refractivity contribution in [2.24, 2.45) is 0 Å². The van der Waals surface area contributed by atoms with Gasteiger partial charge in [0.05, 0.1) is 6.54 Å². The lowest BCUT2D eigenvalue weighted by molar-refractivity contribution is 0.0572. The third kappa shape index (κ3) is 3.21. The van der Waals surface area contributed by atoms with E-state index >= 15 is 0 Å². The van der Waals surface area contributed by atoms with Gasteiger partial charge in [-0.3, -0.25) is 4.79 Å². The van der Waals surface area contributed by atoms with Crippen LogP contribution >= 0.6 is 0 Å². The third-order valence-electron chi connectivity index (χ3n) is 4.91. The van der Waals surface area contributed by atoms with Crippen LogP contribution in [0.1, 0.15) is 41.1 Å². The normalized spacial score (nSPS) is 22.7. The van der Waals surface area contributed by atoms with Crippen molar-refractivity contribution in [1.29, 1.82) is 0 Å². The number of nitrogens with zero attached hydrogens (tertiary/aromatic N) is 4. The molecule has 2 aliphatic rings. The van der Waals surface area contributed by atoms with Gasteiger partial charge in [0.15, 0.2) is 5.69 Å². The van der Waals surface area contributed by atoms with Crippen LogP contribution in [0.5, 0.6) is 0 Å². The highest BCUT2D eigenvalue weighted by atomic mass is 16.5. The number of nitrogens with one attached hydrogen (secondary N) is 1. The molecule has 2 N–H and O–H groups in total. The van der Waals surface area contributed by atoms with Crippen LogP contribution in [0.2, 0.25) is 0 Å². The summed E-state index contributed by atoms with van der Waals surface area (Å²) in [4.78, 5) is 22.8. The maximum Gasteiger partial charge on any atom is 0.273 e. The smallest absolute Gasteiger partial charge is 0.273 e. The number of hydrogen-bond acceptors (Lipinski definition) is 7. The predicted octanol–water partition coefficient (Wildman–Crippen LogP) is 0.715. The van der Waals surface area contributed by atoms with Gasteiger partial charge in [0.1, 0.15) is 11.4 Å². The van der Waals surface area contributed by atoms with E-state index in [4.69, 9.17) is 4.52 Å². The Balaban J connectivity index is 1.38. The first-order valence-corrected chi connectivity index (χ1v) is 8.65. The molecule has 1 unspecified atom stereocenters. The van der Waals surface area contributed by atoms with Crippen LogP contribution in [0.3, 0.4) is 0 Å². The van der Waals surface area contributed by atoms with Gasteiger partial charge >= 0.3 is 0 Å². The van der Waals surface area contributed by atoms with E-state index < -0.39 is 5.60 Å². The van der Waals surface area contributed by atoms with Gasteiger partial charge < -0.3 is 19.8 Å². The summed E-state index contributed by atoms with van der Waals surface area (Å²) in [5, 5.41) is 17.5. The molecule has 8 nitrogen and oxygen atoms in total. The van der Waals surface area contributed by atoms with Crippen molar-refractivity contribution in [1.82, 2.24) is 20.4 Å². The Kier molecular flexibility index (Phi) is 4.12. The maximum absolute atomic E-state index is 12.4. The number of aromatic nitrogens is 3. The SMILES string of the molecule is O=C(NCC1(O)CCN(c2ncccn2)C1)c1noc2c1CCCC2. The van der Waals surface area contributed by atoms with Crippen LogP contribution in [0.15, 0.2) is 23.0 Å². The number of amides is 1. The molecule has 0 spiro atoms. The van der Waals surface area contributed by atoms with E-state index in [0.717, 1.165) is 37.0 Å². The zero-order valence-electron chi connectivity index (χ0n) is 13.9. The molecule has 1 saturated heterocycles. The van der Waals surface area contributed by atoms with Crippen molar-refractivity contribution in [2.75, 3.05) is 24.5 Å². The minimum Gasteiger partial charge on any atom is -0.386 e. The lowest BCUT2D eigenvalue weighted by Crippen LogP contribution is -2.45. The van der Waals surface area contributed by atoms with Crippen molar-refractivity contribution in [3.63, 3.8) is 0 Å². The third-order valence-corrected chi connectivity index (χ3v) is 4.91. The number of β-amino-alcohol motifs (C(OH)–C–C–N with tert-alkyl or cyclic N) is 1. The van der Waals surface area contributed by atoms with E-state index in [9.17, 15) is 9.90 Å². The molecule has 1 atom stereocenters. The summed E-state index contributed by atoms with van der Waals surface area (Å²) in [6, 6.07) is 1.75. The first kappa shape index (κ1) is 16.0. The number of fused-ring (bicyclic) bond motifs is 1. The average molecular weight is 343 g/mol. The number of hydrogen-bond donors (Lipinski definition) is 2. The molecule has 0 radical (unpaired) electrons. The van der Waals surface area contributed by atoms with E-state index in [1.165, 1.54) is 0 Å². The second-order valence-electron chi connectivity index (χ2n) is 6.77. The Hall–Kier alpha value is -2.48. The van der Waals surface area contributed by atoms with Crippen LogP contribution in [-0.2, 0) is 12.8 Å². The quantitative estimate of drug-likeness (QED) is 0.842. The Bertz CT molecular complexity index is 763. The monoisotopic (exact) mass is 343 g/mol. The molecule has 0 aromatic carbocycles. The van der Waals surface area contributed by atoms with Gasteiger partial charge in [-0.2, -0.15) is 0 Å². The molecule has 1 aliphatic carbocycles. The van der Waals surface area contributed by atoms with Crippen LogP contribution < -0.4 is 10.2 Å². The molecule has 1 aliphatic heterocycles. The Morgan fingerprint density at radius 2 is 2.12 bits per heavy atom. The average Bonchev–Trinajstić information content (AvgIpc) is 3.25. The lowest BCUT2D eigenvalue weighted by atomic mass is 9.96. The van der Waals surface area contributed by atoms with Crippen molar-refractivity contribution < 1.29 is 14.4 Å². The van der Waals surface area contributed by atoms with Gasteiger partial charge in [-0.1, -0.05) is 5.16 Å². The molecule has 132 valence electrons. The number of carbonyl (C=O) groups excluding carboxylic acids is 1. The zero-order chi connectivity index (χ0) is 17.3. The number of carbonyl (C=O) groups is 1. The summed E-state index contributed by atoms with van der Waals surface area (Å²) in [6.07, 6.45) is 7.67. The van der Waals surface area contributed by atoms with Crippen LogP contribution in [0.4, 0.5) is 5.95 Å². The van der Waals surface area contributed by atoms with Gasteiger partial charge in [-0.15, -0.1) is 0 Å². The van der Waals surface area contributed by atoms with Crippen LogP contribution in [0, 0.1) is 0 Å². The number of rotatable bonds is 4. The highest BCUT2D eigenvalue weighted by Gasteiger charge is 2.38. The molecule has 25 heavy (non-hydrogen) atoms. The van der Waals surface area contributed by atoms with E-state index in [1.807, 2.05) is 4.90 Å². The molecule has 8 heteroatoms. The molecular formula is C17H21N5O3. The molecule has 1 amide bonds. The predicted molar refractivity (Wildman–Crippen MR) is 89.3 cm³/mol. The highest BCUT2D eigenvalue weighted by molar-refractivity contribution is 5.93. The molecule has 1 fully saturated rings. The maximum atomic E-state index is 12.4. The Morgan fingerprint density at radius 1 is 1.32 bits per heavy atom. The summed E-state index contributed by atoms with van der Waals surface area (Å²) in [7, 11) is 0. The summed E-state index contributed by atoms with van der Waals surface area (Å²) in [5.41, 5.74) is 0.277. The topological polar surface area (TPSA) is 104 Å². The number of aryl methyl sites for hydroxylation is 1. The van der Waals surface area contributed by atoms with Crippen LogP contribution in [-0.4, -0.2) is 51.4 Å². The van der Waals surface area contributed by atoms with Crippen molar-refractivity contribution in [3.05, 3.63) is 35.5 Å². The van der Waals surface area contributed by atoms with E-state index in [-0.39, 0.29) is 12.5 Å². The molecule has 2 aromatic rings. The van der Waals surface area contributed by atoms with Crippen LogP contribution in [0.25, 0.3) is 0 Å². The molecule has 4 rings (SSSR count). The summed E-state index contributed by atoms with van der Waals surface area (Å²) in [6.45, 7) is 1.20.